The molecule has 1 amide bonds. The van der Waals surface area contributed by atoms with Crippen molar-refractivity contribution in [1.29, 1.82) is 0 Å². The second-order valence-corrected chi connectivity index (χ2v) is 11.0. The molecule has 1 aliphatic rings. The van der Waals surface area contributed by atoms with E-state index in [2.05, 4.69) is 46.5 Å². The van der Waals surface area contributed by atoms with E-state index in [1.807, 2.05) is 50.2 Å². The number of rotatable bonds is 8. The van der Waals surface area contributed by atoms with Crippen LogP contribution in [0.4, 0.5) is 0 Å². The lowest BCUT2D eigenvalue weighted by Crippen LogP contribution is -2.41. The third kappa shape index (κ3) is 6.14. The summed E-state index contributed by atoms with van der Waals surface area (Å²) in [4.78, 5) is 17.8. The van der Waals surface area contributed by atoms with Crippen LogP contribution in [-0.2, 0) is 6.54 Å². The number of phenols is 2. The van der Waals surface area contributed by atoms with Gasteiger partial charge in [0, 0.05) is 30.8 Å². The summed E-state index contributed by atoms with van der Waals surface area (Å²) in [7, 11) is 4.29. The number of aromatic hydroxyl groups is 2. The van der Waals surface area contributed by atoms with Gasteiger partial charge in [0.2, 0.25) is 0 Å². The molecule has 2 heterocycles. The number of nitrogens with one attached hydrogen (secondary N) is 1. The Bertz CT molecular complexity index is 1500. The van der Waals surface area contributed by atoms with Crippen LogP contribution in [0.1, 0.15) is 41.4 Å². The highest BCUT2D eigenvalue weighted by atomic mass is 16.5. The van der Waals surface area contributed by atoms with Crippen molar-refractivity contribution in [3.05, 3.63) is 77.5 Å². The Morgan fingerprint density at radius 2 is 1.61 bits per heavy atom. The van der Waals surface area contributed by atoms with Crippen LogP contribution in [0.15, 0.2) is 65.2 Å². The van der Waals surface area contributed by atoms with Crippen LogP contribution in [0.2, 0.25) is 0 Å². The Hall–Kier alpha value is -4.14. The van der Waals surface area contributed by atoms with Crippen molar-refractivity contribution in [2.75, 3.05) is 33.7 Å². The summed E-state index contributed by atoms with van der Waals surface area (Å²) in [5, 5.41) is 28.5. The molecule has 1 aliphatic heterocycles. The summed E-state index contributed by atoms with van der Waals surface area (Å²) in [6, 6.07) is 19.4. The molecule has 0 aliphatic carbocycles. The molecule has 8 heteroatoms. The number of likely N-dealkylation sites (tertiary alicyclic amines) is 1. The first-order valence-electron chi connectivity index (χ1n) is 14.1. The highest BCUT2D eigenvalue weighted by Crippen LogP contribution is 2.44. The summed E-state index contributed by atoms with van der Waals surface area (Å²) < 4.78 is 5.75. The first-order chi connectivity index (χ1) is 19.7. The van der Waals surface area contributed by atoms with Gasteiger partial charge < -0.3 is 25.0 Å². The van der Waals surface area contributed by atoms with E-state index in [0.29, 0.717) is 29.3 Å². The van der Waals surface area contributed by atoms with Crippen molar-refractivity contribution in [1.82, 2.24) is 20.3 Å². The Balaban J connectivity index is 1.50. The van der Waals surface area contributed by atoms with Crippen LogP contribution in [0.3, 0.4) is 0 Å². The number of carbonyl (C=O) groups excluding carboxylic acids is 1. The lowest BCUT2D eigenvalue weighted by Gasteiger charge is -2.35. The van der Waals surface area contributed by atoms with Gasteiger partial charge in [-0.3, -0.25) is 9.69 Å². The van der Waals surface area contributed by atoms with Gasteiger partial charge in [-0.25, -0.2) is 0 Å². The number of nitrogens with zero attached hydrogens (tertiary/aromatic N) is 3. The van der Waals surface area contributed by atoms with Gasteiger partial charge >= 0.3 is 0 Å². The SMILES string of the molecule is CCNC(=O)c1noc(-c2cc(-c3ccc(C)cc3)c(O)cc2O)c1-c1ccc(CN2CCC(N(C)C)CC2)cc1. The van der Waals surface area contributed by atoms with Crippen LogP contribution in [0.25, 0.3) is 33.6 Å². The average Bonchev–Trinajstić information content (AvgIpc) is 3.40. The number of aromatic nitrogens is 1. The largest absolute Gasteiger partial charge is 0.507 e. The van der Waals surface area contributed by atoms with Gasteiger partial charge in [-0.1, -0.05) is 59.3 Å². The molecule has 214 valence electrons. The standard InChI is InChI=1S/C33H38N4O4/c1-5-34-33(40)31-30(24-12-8-22(9-13-24)20-37-16-14-25(15-17-37)36(3)4)32(41-35-31)27-18-26(28(38)19-29(27)39)23-10-6-21(2)7-11-23/h6-13,18-19,25,38-39H,5,14-17,20H2,1-4H3,(H,34,40). The van der Waals surface area contributed by atoms with Crippen molar-refractivity contribution in [3.8, 4) is 45.1 Å². The van der Waals surface area contributed by atoms with Gasteiger partial charge in [-0.05, 0) is 76.6 Å². The second-order valence-electron chi connectivity index (χ2n) is 11.0. The third-order valence-electron chi connectivity index (χ3n) is 7.90. The Labute approximate surface area is 241 Å². The van der Waals surface area contributed by atoms with Gasteiger partial charge in [0.15, 0.2) is 11.5 Å². The predicted molar refractivity (Wildman–Crippen MR) is 161 cm³/mol. The van der Waals surface area contributed by atoms with Gasteiger partial charge in [-0.2, -0.15) is 0 Å². The number of hydrogen-bond donors (Lipinski definition) is 3. The number of carbonyl (C=O) groups is 1. The van der Waals surface area contributed by atoms with Gasteiger partial charge in [0.25, 0.3) is 5.91 Å². The van der Waals surface area contributed by atoms with E-state index in [1.54, 1.807) is 6.07 Å². The molecule has 0 spiro atoms. The van der Waals surface area contributed by atoms with Crippen molar-refractivity contribution >= 4 is 5.91 Å². The molecule has 0 radical (unpaired) electrons. The van der Waals surface area contributed by atoms with E-state index in [4.69, 9.17) is 4.52 Å². The quantitative estimate of drug-likeness (QED) is 0.258. The predicted octanol–water partition coefficient (Wildman–Crippen LogP) is 5.67. The molecule has 1 aromatic heterocycles. The summed E-state index contributed by atoms with van der Waals surface area (Å²) >= 11 is 0. The molecule has 1 fully saturated rings. The maximum atomic E-state index is 13.0. The fourth-order valence-corrected chi connectivity index (χ4v) is 5.49. The average molecular weight is 555 g/mol. The zero-order valence-electron chi connectivity index (χ0n) is 24.1. The van der Waals surface area contributed by atoms with E-state index in [-0.39, 0.29) is 28.9 Å². The van der Waals surface area contributed by atoms with Crippen LogP contribution >= 0.6 is 0 Å². The van der Waals surface area contributed by atoms with Crippen molar-refractivity contribution < 1.29 is 19.5 Å². The zero-order chi connectivity index (χ0) is 29.1. The van der Waals surface area contributed by atoms with E-state index in [9.17, 15) is 15.0 Å². The molecule has 3 N–H and O–H groups in total. The number of hydrogen-bond acceptors (Lipinski definition) is 7. The van der Waals surface area contributed by atoms with E-state index < -0.39 is 0 Å². The summed E-state index contributed by atoms with van der Waals surface area (Å²) in [5.41, 5.74) is 5.33. The zero-order valence-corrected chi connectivity index (χ0v) is 24.1. The van der Waals surface area contributed by atoms with Gasteiger partial charge in [0.1, 0.15) is 11.5 Å². The van der Waals surface area contributed by atoms with Gasteiger partial charge in [0.05, 0.1) is 11.1 Å². The Morgan fingerprint density at radius 1 is 0.976 bits per heavy atom. The van der Waals surface area contributed by atoms with Crippen LogP contribution in [0.5, 0.6) is 11.5 Å². The van der Waals surface area contributed by atoms with Crippen LogP contribution < -0.4 is 5.32 Å². The summed E-state index contributed by atoms with van der Waals surface area (Å²) in [6.45, 7) is 7.25. The third-order valence-corrected chi connectivity index (χ3v) is 7.90. The monoisotopic (exact) mass is 554 g/mol. The number of piperidine rings is 1. The second kappa shape index (κ2) is 12.2. The highest BCUT2D eigenvalue weighted by Gasteiger charge is 2.27. The summed E-state index contributed by atoms with van der Waals surface area (Å²) in [5.74, 6) is -0.326. The maximum Gasteiger partial charge on any atom is 0.274 e. The molecular formula is C33H38N4O4. The minimum atomic E-state index is -0.359. The molecular weight excluding hydrogens is 516 g/mol. The highest BCUT2D eigenvalue weighted by molar-refractivity contribution is 6.03. The molecule has 0 bridgehead atoms. The number of amides is 1. The number of benzene rings is 3. The Morgan fingerprint density at radius 3 is 2.24 bits per heavy atom. The number of aryl methyl sites for hydroxylation is 1. The van der Waals surface area contributed by atoms with Crippen molar-refractivity contribution in [2.45, 2.75) is 39.3 Å². The topological polar surface area (TPSA) is 102 Å². The lowest BCUT2D eigenvalue weighted by molar-refractivity contribution is 0.0947. The molecule has 0 atom stereocenters. The minimum Gasteiger partial charge on any atom is -0.507 e. The molecule has 8 nitrogen and oxygen atoms in total. The lowest BCUT2D eigenvalue weighted by atomic mass is 9.94. The van der Waals surface area contributed by atoms with Crippen LogP contribution in [-0.4, -0.2) is 70.8 Å². The molecule has 0 saturated carbocycles. The number of phenolic OH excluding ortho intramolecular Hbond substituents is 2. The Kier molecular flexibility index (Phi) is 8.42. The molecule has 3 aromatic carbocycles. The molecule has 1 saturated heterocycles. The smallest absolute Gasteiger partial charge is 0.274 e. The molecule has 41 heavy (non-hydrogen) atoms. The minimum absolute atomic E-state index is 0.0564. The van der Waals surface area contributed by atoms with E-state index in [1.165, 1.54) is 11.6 Å². The molecule has 4 aromatic rings. The van der Waals surface area contributed by atoms with E-state index in [0.717, 1.165) is 49.2 Å². The van der Waals surface area contributed by atoms with E-state index >= 15 is 0 Å². The van der Waals surface area contributed by atoms with Gasteiger partial charge in [-0.15, -0.1) is 0 Å². The van der Waals surface area contributed by atoms with Crippen molar-refractivity contribution in [3.63, 3.8) is 0 Å². The van der Waals surface area contributed by atoms with Crippen LogP contribution in [0, 0.1) is 6.92 Å². The fourth-order valence-electron chi connectivity index (χ4n) is 5.49. The normalized spacial score (nSPS) is 14.5. The molecule has 5 rings (SSSR count). The molecule has 0 unspecified atom stereocenters. The van der Waals surface area contributed by atoms with Crippen molar-refractivity contribution in [2.24, 2.45) is 0 Å². The fraction of sp³-hybridized carbons (Fsp3) is 0.333. The summed E-state index contributed by atoms with van der Waals surface area (Å²) in [6.07, 6.45) is 2.32. The first kappa shape index (κ1) is 28.4. The maximum absolute atomic E-state index is 13.0. The first-order valence-corrected chi connectivity index (χ1v) is 14.1.